The number of carbonyl (C=O) groups excluding carboxylic acids is 2. The van der Waals surface area contributed by atoms with Gasteiger partial charge in [0.25, 0.3) is 0 Å². The van der Waals surface area contributed by atoms with E-state index < -0.39 is 17.5 Å². The van der Waals surface area contributed by atoms with E-state index in [4.69, 9.17) is 0 Å². The Morgan fingerprint density at radius 3 is 1.90 bits per heavy atom. The van der Waals surface area contributed by atoms with E-state index in [1.165, 1.54) is 6.07 Å². The standard InChI is InChI=1S/C23H21F2N3O2/c24-19-12-11-18(13-20(19)25)28-22(30)15-26-21(29)14-27-23(16-7-3-1-4-8-16)17-9-5-2-6-10-17/h1-13,23,27H,14-15H2,(H,26,29)(H,28,30). The van der Waals surface area contributed by atoms with E-state index in [1.807, 2.05) is 60.7 Å². The Hall–Kier alpha value is -3.58. The summed E-state index contributed by atoms with van der Waals surface area (Å²) in [6.45, 7) is -0.298. The Kier molecular flexibility index (Phi) is 7.24. The summed E-state index contributed by atoms with van der Waals surface area (Å²) >= 11 is 0. The van der Waals surface area contributed by atoms with Gasteiger partial charge in [-0.3, -0.25) is 14.9 Å². The van der Waals surface area contributed by atoms with Gasteiger partial charge in [0, 0.05) is 11.8 Å². The third-order valence-electron chi connectivity index (χ3n) is 4.38. The lowest BCUT2D eigenvalue weighted by Gasteiger charge is -2.19. The van der Waals surface area contributed by atoms with Gasteiger partial charge >= 0.3 is 0 Å². The Balaban J connectivity index is 1.53. The Morgan fingerprint density at radius 2 is 1.33 bits per heavy atom. The van der Waals surface area contributed by atoms with Gasteiger partial charge < -0.3 is 10.6 Å². The number of nitrogens with one attached hydrogen (secondary N) is 3. The van der Waals surface area contributed by atoms with E-state index in [1.54, 1.807) is 0 Å². The summed E-state index contributed by atoms with van der Waals surface area (Å²) in [6, 6.07) is 22.3. The summed E-state index contributed by atoms with van der Waals surface area (Å²) < 4.78 is 26.1. The Bertz CT molecular complexity index is 958. The molecule has 3 aromatic rings. The highest BCUT2D eigenvalue weighted by Crippen LogP contribution is 2.21. The molecule has 5 nitrogen and oxygen atoms in total. The first-order valence-corrected chi connectivity index (χ1v) is 9.38. The molecule has 154 valence electrons. The van der Waals surface area contributed by atoms with Gasteiger partial charge in [0.2, 0.25) is 11.8 Å². The van der Waals surface area contributed by atoms with E-state index in [2.05, 4.69) is 16.0 Å². The van der Waals surface area contributed by atoms with E-state index in [-0.39, 0.29) is 30.7 Å². The summed E-state index contributed by atoms with van der Waals surface area (Å²) in [5.41, 5.74) is 2.12. The van der Waals surface area contributed by atoms with Crippen molar-refractivity contribution >= 4 is 17.5 Å². The highest BCUT2D eigenvalue weighted by Gasteiger charge is 2.15. The minimum absolute atomic E-state index is 0.00703. The lowest BCUT2D eigenvalue weighted by molar-refractivity contribution is -0.123. The summed E-state index contributed by atoms with van der Waals surface area (Å²) in [5, 5.41) is 8.11. The highest BCUT2D eigenvalue weighted by molar-refractivity contribution is 5.94. The van der Waals surface area contributed by atoms with E-state index >= 15 is 0 Å². The van der Waals surface area contributed by atoms with Crippen molar-refractivity contribution in [2.45, 2.75) is 6.04 Å². The number of hydrogen-bond donors (Lipinski definition) is 3. The predicted molar refractivity (Wildman–Crippen MR) is 111 cm³/mol. The molecule has 7 heteroatoms. The maximum atomic E-state index is 13.2. The minimum Gasteiger partial charge on any atom is -0.346 e. The third kappa shape index (κ3) is 5.96. The van der Waals surface area contributed by atoms with Gasteiger partial charge in [0.05, 0.1) is 19.1 Å². The molecule has 0 heterocycles. The van der Waals surface area contributed by atoms with Crippen LogP contribution in [-0.4, -0.2) is 24.9 Å². The molecule has 0 radical (unpaired) electrons. The molecular weight excluding hydrogens is 388 g/mol. The summed E-state index contributed by atoms with van der Waals surface area (Å²) in [5.74, 6) is -2.98. The molecule has 3 rings (SSSR count). The van der Waals surface area contributed by atoms with Crippen LogP contribution in [0.1, 0.15) is 17.2 Å². The molecule has 0 saturated heterocycles. The average Bonchev–Trinajstić information content (AvgIpc) is 2.76. The zero-order valence-electron chi connectivity index (χ0n) is 16.1. The van der Waals surface area contributed by atoms with Crippen molar-refractivity contribution in [1.29, 1.82) is 0 Å². The number of rotatable bonds is 8. The molecule has 2 amide bonds. The largest absolute Gasteiger partial charge is 0.346 e. The van der Waals surface area contributed by atoms with Crippen LogP contribution in [-0.2, 0) is 9.59 Å². The fraction of sp³-hybridized carbons (Fsp3) is 0.130. The first-order chi connectivity index (χ1) is 14.5. The monoisotopic (exact) mass is 409 g/mol. The van der Waals surface area contributed by atoms with Crippen molar-refractivity contribution in [3.8, 4) is 0 Å². The average molecular weight is 409 g/mol. The molecule has 0 unspecified atom stereocenters. The van der Waals surface area contributed by atoms with Crippen molar-refractivity contribution in [2.75, 3.05) is 18.4 Å². The second kappa shape index (κ2) is 10.3. The third-order valence-corrected chi connectivity index (χ3v) is 4.38. The first kappa shape index (κ1) is 21.1. The fourth-order valence-electron chi connectivity index (χ4n) is 2.93. The molecule has 0 aliphatic rings. The number of halogens is 2. The van der Waals surface area contributed by atoms with Gasteiger partial charge in [-0.25, -0.2) is 8.78 Å². The summed E-state index contributed by atoms with van der Waals surface area (Å²) in [7, 11) is 0. The fourth-order valence-corrected chi connectivity index (χ4v) is 2.93. The molecule has 3 aromatic carbocycles. The minimum atomic E-state index is -1.06. The van der Waals surface area contributed by atoms with Crippen LogP contribution in [0, 0.1) is 11.6 Å². The quantitative estimate of drug-likeness (QED) is 0.534. The van der Waals surface area contributed by atoms with Crippen molar-refractivity contribution in [2.24, 2.45) is 0 Å². The van der Waals surface area contributed by atoms with Crippen LogP contribution in [0.2, 0.25) is 0 Å². The Labute approximate surface area is 173 Å². The van der Waals surface area contributed by atoms with Crippen molar-refractivity contribution in [3.05, 3.63) is 102 Å². The maximum absolute atomic E-state index is 13.2. The molecule has 3 N–H and O–H groups in total. The zero-order chi connectivity index (χ0) is 21.3. The molecule has 0 saturated carbocycles. The van der Waals surface area contributed by atoms with Gasteiger partial charge in [-0.1, -0.05) is 60.7 Å². The van der Waals surface area contributed by atoms with Crippen LogP contribution in [0.5, 0.6) is 0 Å². The topological polar surface area (TPSA) is 70.2 Å². The lowest BCUT2D eigenvalue weighted by atomic mass is 9.99. The van der Waals surface area contributed by atoms with Crippen molar-refractivity contribution in [3.63, 3.8) is 0 Å². The zero-order valence-corrected chi connectivity index (χ0v) is 16.1. The van der Waals surface area contributed by atoms with Crippen LogP contribution in [0.25, 0.3) is 0 Å². The first-order valence-electron chi connectivity index (χ1n) is 9.38. The number of benzene rings is 3. The van der Waals surface area contributed by atoms with Crippen LogP contribution in [0.4, 0.5) is 14.5 Å². The molecule has 0 aliphatic carbocycles. The van der Waals surface area contributed by atoms with Gasteiger partial charge in [0.1, 0.15) is 0 Å². The van der Waals surface area contributed by atoms with Gasteiger partial charge in [-0.2, -0.15) is 0 Å². The van der Waals surface area contributed by atoms with Gasteiger partial charge in [0.15, 0.2) is 11.6 Å². The SMILES string of the molecule is O=C(CNC(c1ccccc1)c1ccccc1)NCC(=O)Nc1ccc(F)c(F)c1. The molecular formula is C23H21F2N3O2. The maximum Gasteiger partial charge on any atom is 0.243 e. The molecule has 30 heavy (non-hydrogen) atoms. The lowest BCUT2D eigenvalue weighted by Crippen LogP contribution is -2.39. The number of hydrogen-bond acceptors (Lipinski definition) is 3. The Morgan fingerprint density at radius 1 is 0.733 bits per heavy atom. The number of amides is 2. The van der Waals surface area contributed by atoms with Crippen molar-refractivity contribution in [1.82, 2.24) is 10.6 Å². The normalized spacial score (nSPS) is 10.6. The van der Waals surface area contributed by atoms with E-state index in [0.717, 1.165) is 23.3 Å². The summed E-state index contributed by atoms with van der Waals surface area (Å²) in [6.07, 6.45) is 0. The second-order valence-electron chi connectivity index (χ2n) is 6.59. The van der Waals surface area contributed by atoms with Crippen LogP contribution in [0.3, 0.4) is 0 Å². The summed E-state index contributed by atoms with van der Waals surface area (Å²) in [4.78, 5) is 24.1. The van der Waals surface area contributed by atoms with E-state index in [9.17, 15) is 18.4 Å². The highest BCUT2D eigenvalue weighted by atomic mass is 19.2. The molecule has 0 aromatic heterocycles. The van der Waals surface area contributed by atoms with Crippen LogP contribution in [0.15, 0.2) is 78.9 Å². The van der Waals surface area contributed by atoms with Crippen LogP contribution < -0.4 is 16.0 Å². The second-order valence-corrected chi connectivity index (χ2v) is 6.59. The van der Waals surface area contributed by atoms with Gasteiger partial charge in [-0.05, 0) is 23.3 Å². The van der Waals surface area contributed by atoms with Crippen LogP contribution >= 0.6 is 0 Å². The number of anilines is 1. The molecule has 0 fully saturated rings. The molecule has 0 spiro atoms. The van der Waals surface area contributed by atoms with E-state index in [0.29, 0.717) is 0 Å². The smallest absolute Gasteiger partial charge is 0.243 e. The molecule has 0 bridgehead atoms. The number of carbonyl (C=O) groups is 2. The predicted octanol–water partition coefficient (Wildman–Crippen LogP) is 3.40. The van der Waals surface area contributed by atoms with Crippen molar-refractivity contribution < 1.29 is 18.4 Å². The molecule has 0 atom stereocenters. The van der Waals surface area contributed by atoms with Gasteiger partial charge in [-0.15, -0.1) is 0 Å². The molecule has 0 aliphatic heterocycles.